The summed E-state index contributed by atoms with van der Waals surface area (Å²) in [5, 5.41) is 7.06. The van der Waals surface area contributed by atoms with Gasteiger partial charge >= 0.3 is 0 Å². The second-order valence-corrected chi connectivity index (χ2v) is 6.19. The third-order valence-corrected chi connectivity index (χ3v) is 4.64. The van der Waals surface area contributed by atoms with E-state index < -0.39 is 0 Å². The average molecular weight is 283 g/mol. The van der Waals surface area contributed by atoms with Crippen molar-refractivity contribution < 1.29 is 0 Å². The molecule has 0 saturated carbocycles. The molecule has 0 saturated heterocycles. The molecule has 102 valence electrons. The predicted octanol–water partition coefficient (Wildman–Crippen LogP) is 4.48. The van der Waals surface area contributed by atoms with Gasteiger partial charge in [0.2, 0.25) is 0 Å². The zero-order valence-electron chi connectivity index (χ0n) is 11.8. The lowest BCUT2D eigenvalue weighted by Crippen LogP contribution is -2.06. The van der Waals surface area contributed by atoms with Gasteiger partial charge in [-0.1, -0.05) is 12.1 Å². The zero-order chi connectivity index (χ0) is 14.1. The minimum Gasteiger partial charge on any atom is -0.377 e. The molecule has 4 heteroatoms. The van der Waals surface area contributed by atoms with E-state index >= 15 is 0 Å². The molecule has 0 fully saturated rings. The first kappa shape index (κ1) is 13.1. The number of anilines is 1. The van der Waals surface area contributed by atoms with Crippen molar-refractivity contribution in [3.63, 3.8) is 0 Å². The monoisotopic (exact) mass is 283 g/mol. The number of nitrogens with one attached hydrogen (secondary N) is 1. The summed E-state index contributed by atoms with van der Waals surface area (Å²) in [6, 6.07) is 8.56. The van der Waals surface area contributed by atoms with Crippen molar-refractivity contribution in [1.82, 2.24) is 9.97 Å². The third kappa shape index (κ3) is 2.39. The standard InChI is InChI=1S/C16H17N3S/c1-10-16(20-12(3)18-10)11(2)19-15-6-4-5-13-7-8-17-9-14(13)15/h4-9,11,19H,1-3H3. The lowest BCUT2D eigenvalue weighted by molar-refractivity contribution is 0.891. The molecule has 1 unspecified atom stereocenters. The molecule has 1 atom stereocenters. The molecular weight excluding hydrogens is 266 g/mol. The zero-order valence-corrected chi connectivity index (χ0v) is 12.7. The van der Waals surface area contributed by atoms with Crippen LogP contribution in [0.3, 0.4) is 0 Å². The molecule has 2 heterocycles. The first-order valence-corrected chi connectivity index (χ1v) is 7.50. The molecule has 0 bridgehead atoms. The molecule has 0 aliphatic heterocycles. The Bertz CT molecular complexity index is 743. The Morgan fingerprint density at radius 2 is 2.05 bits per heavy atom. The fourth-order valence-corrected chi connectivity index (χ4v) is 3.42. The number of nitrogens with zero attached hydrogens (tertiary/aromatic N) is 2. The highest BCUT2D eigenvalue weighted by atomic mass is 32.1. The Morgan fingerprint density at radius 3 is 2.80 bits per heavy atom. The lowest BCUT2D eigenvalue weighted by Gasteiger charge is -2.16. The van der Waals surface area contributed by atoms with Gasteiger partial charge in [0, 0.05) is 28.3 Å². The fourth-order valence-electron chi connectivity index (χ4n) is 2.49. The van der Waals surface area contributed by atoms with E-state index in [1.54, 1.807) is 11.3 Å². The number of thiazole rings is 1. The maximum Gasteiger partial charge on any atom is 0.0900 e. The molecule has 1 aromatic carbocycles. The molecule has 3 nitrogen and oxygen atoms in total. The average Bonchev–Trinajstić information content (AvgIpc) is 2.78. The Hall–Kier alpha value is -1.94. The van der Waals surface area contributed by atoms with Gasteiger partial charge in [0.25, 0.3) is 0 Å². The second-order valence-electron chi connectivity index (χ2n) is 4.95. The summed E-state index contributed by atoms with van der Waals surface area (Å²) in [6.45, 7) is 6.30. The number of hydrogen-bond acceptors (Lipinski definition) is 4. The van der Waals surface area contributed by atoms with E-state index in [0.717, 1.165) is 21.8 Å². The first-order chi connectivity index (χ1) is 9.65. The second kappa shape index (κ2) is 5.21. The summed E-state index contributed by atoms with van der Waals surface area (Å²) in [5.41, 5.74) is 2.24. The van der Waals surface area contributed by atoms with Crippen LogP contribution >= 0.6 is 11.3 Å². The minimum atomic E-state index is 0.243. The number of benzene rings is 1. The number of hydrogen-bond donors (Lipinski definition) is 1. The topological polar surface area (TPSA) is 37.8 Å². The number of aromatic nitrogens is 2. The van der Waals surface area contributed by atoms with Gasteiger partial charge < -0.3 is 5.32 Å². The van der Waals surface area contributed by atoms with Crippen LogP contribution in [0, 0.1) is 13.8 Å². The van der Waals surface area contributed by atoms with Crippen molar-refractivity contribution >= 4 is 27.8 Å². The Balaban J connectivity index is 1.95. The smallest absolute Gasteiger partial charge is 0.0900 e. The van der Waals surface area contributed by atoms with Crippen molar-refractivity contribution in [2.24, 2.45) is 0 Å². The maximum absolute atomic E-state index is 4.50. The summed E-state index contributed by atoms with van der Waals surface area (Å²) in [4.78, 5) is 10.0. The van der Waals surface area contributed by atoms with Crippen LogP contribution in [-0.2, 0) is 0 Å². The normalized spacial score (nSPS) is 12.6. The molecule has 3 aromatic rings. The Morgan fingerprint density at radius 1 is 1.20 bits per heavy atom. The molecular formula is C16H17N3S. The van der Waals surface area contributed by atoms with E-state index in [2.05, 4.69) is 54.3 Å². The maximum atomic E-state index is 4.50. The van der Waals surface area contributed by atoms with Crippen molar-refractivity contribution in [1.29, 1.82) is 0 Å². The number of rotatable bonds is 3. The van der Waals surface area contributed by atoms with Gasteiger partial charge in [-0.05, 0) is 38.3 Å². The summed E-state index contributed by atoms with van der Waals surface area (Å²) in [6.07, 6.45) is 3.74. The van der Waals surface area contributed by atoms with E-state index in [-0.39, 0.29) is 6.04 Å². The number of fused-ring (bicyclic) bond motifs is 1. The summed E-state index contributed by atoms with van der Waals surface area (Å²) in [5.74, 6) is 0. The molecule has 0 radical (unpaired) electrons. The molecule has 0 aliphatic carbocycles. The molecule has 3 rings (SSSR count). The minimum absolute atomic E-state index is 0.243. The number of aryl methyl sites for hydroxylation is 2. The van der Waals surface area contributed by atoms with Crippen LogP contribution in [0.5, 0.6) is 0 Å². The molecule has 1 N–H and O–H groups in total. The van der Waals surface area contributed by atoms with Crippen molar-refractivity contribution in [2.75, 3.05) is 5.32 Å². The van der Waals surface area contributed by atoms with Crippen molar-refractivity contribution in [2.45, 2.75) is 26.8 Å². The van der Waals surface area contributed by atoms with Crippen LogP contribution in [0.1, 0.15) is 28.5 Å². The van der Waals surface area contributed by atoms with Crippen LogP contribution in [0.25, 0.3) is 10.8 Å². The quantitative estimate of drug-likeness (QED) is 0.770. The van der Waals surface area contributed by atoms with Gasteiger partial charge in [-0.2, -0.15) is 0 Å². The van der Waals surface area contributed by atoms with Crippen LogP contribution in [0.4, 0.5) is 5.69 Å². The van der Waals surface area contributed by atoms with Crippen LogP contribution < -0.4 is 5.32 Å². The summed E-state index contributed by atoms with van der Waals surface area (Å²) < 4.78 is 0. The summed E-state index contributed by atoms with van der Waals surface area (Å²) >= 11 is 1.76. The Labute approximate surface area is 122 Å². The highest BCUT2D eigenvalue weighted by Gasteiger charge is 2.13. The largest absolute Gasteiger partial charge is 0.377 e. The van der Waals surface area contributed by atoms with Crippen LogP contribution in [0.2, 0.25) is 0 Å². The van der Waals surface area contributed by atoms with Crippen molar-refractivity contribution in [3.05, 3.63) is 52.2 Å². The van der Waals surface area contributed by atoms with Gasteiger partial charge in [-0.15, -0.1) is 11.3 Å². The van der Waals surface area contributed by atoms with E-state index in [0.29, 0.717) is 0 Å². The van der Waals surface area contributed by atoms with E-state index in [1.165, 1.54) is 10.3 Å². The lowest BCUT2D eigenvalue weighted by atomic mass is 10.1. The first-order valence-electron chi connectivity index (χ1n) is 6.68. The highest BCUT2D eigenvalue weighted by molar-refractivity contribution is 7.11. The van der Waals surface area contributed by atoms with Gasteiger partial charge in [0.15, 0.2) is 0 Å². The van der Waals surface area contributed by atoms with Crippen molar-refractivity contribution in [3.8, 4) is 0 Å². The van der Waals surface area contributed by atoms with Crippen LogP contribution in [-0.4, -0.2) is 9.97 Å². The molecule has 2 aromatic heterocycles. The molecule has 0 aliphatic rings. The summed E-state index contributed by atoms with van der Waals surface area (Å²) in [7, 11) is 0. The van der Waals surface area contributed by atoms with Gasteiger partial charge in [-0.25, -0.2) is 4.98 Å². The SMILES string of the molecule is Cc1nc(C)c(C(C)Nc2cccc3ccncc23)s1. The number of pyridine rings is 1. The van der Waals surface area contributed by atoms with Gasteiger partial charge in [-0.3, -0.25) is 4.98 Å². The van der Waals surface area contributed by atoms with Gasteiger partial charge in [0.05, 0.1) is 16.7 Å². The molecule has 20 heavy (non-hydrogen) atoms. The van der Waals surface area contributed by atoms with E-state index in [1.807, 2.05) is 18.5 Å². The molecule has 0 amide bonds. The highest BCUT2D eigenvalue weighted by Crippen LogP contribution is 2.30. The fraction of sp³-hybridized carbons (Fsp3) is 0.250. The van der Waals surface area contributed by atoms with E-state index in [9.17, 15) is 0 Å². The van der Waals surface area contributed by atoms with Crippen LogP contribution in [0.15, 0.2) is 36.7 Å². The predicted molar refractivity (Wildman–Crippen MR) is 85.4 cm³/mol. The van der Waals surface area contributed by atoms with Gasteiger partial charge in [0.1, 0.15) is 0 Å². The Kier molecular flexibility index (Phi) is 3.40. The van der Waals surface area contributed by atoms with E-state index in [4.69, 9.17) is 0 Å². The third-order valence-electron chi connectivity index (χ3n) is 3.39. The molecule has 0 spiro atoms.